The molecule has 0 saturated heterocycles. The summed E-state index contributed by atoms with van der Waals surface area (Å²) < 4.78 is 0. The number of rotatable bonds is 3. The quantitative estimate of drug-likeness (QED) is 0.810. The van der Waals surface area contributed by atoms with Crippen LogP contribution in [0.3, 0.4) is 0 Å². The molecule has 0 spiro atoms. The molecule has 1 aromatic rings. The van der Waals surface area contributed by atoms with Crippen LogP contribution >= 0.6 is 11.3 Å². The van der Waals surface area contributed by atoms with Gasteiger partial charge in [-0.25, -0.2) is 4.79 Å². The number of carboxylic acids is 1. The molecule has 0 atom stereocenters. The van der Waals surface area contributed by atoms with Gasteiger partial charge < -0.3 is 5.11 Å². The molecule has 2 nitrogen and oxygen atoms in total. The molecule has 0 aliphatic carbocycles. The van der Waals surface area contributed by atoms with E-state index in [9.17, 15) is 4.79 Å². The molecule has 3 heteroatoms. The van der Waals surface area contributed by atoms with Crippen molar-refractivity contribution in [3.63, 3.8) is 0 Å². The molecule has 0 saturated carbocycles. The second kappa shape index (κ2) is 3.92. The normalized spacial score (nSPS) is 10.8. The van der Waals surface area contributed by atoms with Crippen molar-refractivity contribution in [2.75, 3.05) is 0 Å². The van der Waals surface area contributed by atoms with Crippen molar-refractivity contribution in [2.24, 2.45) is 5.92 Å². The topological polar surface area (TPSA) is 37.3 Å². The predicted molar refractivity (Wildman–Crippen MR) is 54.6 cm³/mol. The summed E-state index contributed by atoms with van der Waals surface area (Å²) in [5, 5.41) is 8.90. The first kappa shape index (κ1) is 10.3. The summed E-state index contributed by atoms with van der Waals surface area (Å²) in [5.41, 5.74) is 0.977. The molecular weight excluding hydrogens is 184 g/mol. The van der Waals surface area contributed by atoms with Crippen molar-refractivity contribution >= 4 is 17.3 Å². The van der Waals surface area contributed by atoms with E-state index < -0.39 is 5.97 Å². The van der Waals surface area contributed by atoms with Crippen LogP contribution in [0.2, 0.25) is 0 Å². The molecule has 1 heterocycles. The maximum absolute atomic E-state index is 10.8. The Hall–Kier alpha value is -0.830. The van der Waals surface area contributed by atoms with Gasteiger partial charge in [0.15, 0.2) is 0 Å². The fraction of sp³-hybridized carbons (Fsp3) is 0.500. The average molecular weight is 198 g/mol. The zero-order chi connectivity index (χ0) is 10.0. The average Bonchev–Trinajstić information content (AvgIpc) is 2.29. The van der Waals surface area contributed by atoms with Gasteiger partial charge in [0.05, 0.1) is 0 Å². The van der Waals surface area contributed by atoms with Gasteiger partial charge in [-0.2, -0.15) is 0 Å². The van der Waals surface area contributed by atoms with Gasteiger partial charge >= 0.3 is 5.97 Å². The van der Waals surface area contributed by atoms with E-state index in [1.807, 2.05) is 13.0 Å². The van der Waals surface area contributed by atoms with Crippen molar-refractivity contribution in [1.29, 1.82) is 0 Å². The number of hydrogen-bond donors (Lipinski definition) is 1. The van der Waals surface area contributed by atoms with Crippen molar-refractivity contribution in [3.05, 3.63) is 21.4 Å². The summed E-state index contributed by atoms with van der Waals surface area (Å²) in [7, 11) is 0. The van der Waals surface area contributed by atoms with E-state index in [0.717, 1.165) is 16.9 Å². The summed E-state index contributed by atoms with van der Waals surface area (Å²) in [6, 6.07) is 1.98. The van der Waals surface area contributed by atoms with Crippen LogP contribution < -0.4 is 0 Å². The summed E-state index contributed by atoms with van der Waals surface area (Å²) >= 11 is 1.36. The second-order valence-corrected chi connectivity index (χ2v) is 4.87. The predicted octanol–water partition coefficient (Wildman–Crippen LogP) is 2.95. The van der Waals surface area contributed by atoms with Gasteiger partial charge in [0.2, 0.25) is 0 Å². The van der Waals surface area contributed by atoms with Gasteiger partial charge in [-0.3, -0.25) is 0 Å². The summed E-state index contributed by atoms with van der Waals surface area (Å²) in [6.45, 7) is 6.14. The third-order valence-corrected chi connectivity index (χ3v) is 2.84. The molecule has 1 rings (SSSR count). The number of hydrogen-bond acceptors (Lipinski definition) is 2. The highest BCUT2D eigenvalue weighted by Gasteiger charge is 2.14. The van der Waals surface area contributed by atoms with E-state index in [0.29, 0.717) is 10.8 Å². The van der Waals surface area contributed by atoms with E-state index in [1.165, 1.54) is 11.3 Å². The lowest BCUT2D eigenvalue weighted by Gasteiger charge is -2.02. The molecule has 0 radical (unpaired) electrons. The van der Waals surface area contributed by atoms with E-state index in [1.54, 1.807) is 0 Å². The second-order valence-electron chi connectivity index (χ2n) is 3.61. The molecule has 0 aromatic carbocycles. The Morgan fingerprint density at radius 1 is 1.62 bits per heavy atom. The number of aryl methyl sites for hydroxylation is 1. The molecule has 0 bridgehead atoms. The van der Waals surface area contributed by atoms with E-state index in [-0.39, 0.29) is 0 Å². The Balaban J connectivity index is 2.97. The van der Waals surface area contributed by atoms with Crippen molar-refractivity contribution in [1.82, 2.24) is 0 Å². The molecule has 1 aromatic heterocycles. The highest BCUT2D eigenvalue weighted by Crippen LogP contribution is 2.24. The first-order valence-corrected chi connectivity index (χ1v) is 5.15. The molecule has 0 amide bonds. The van der Waals surface area contributed by atoms with Crippen LogP contribution in [0, 0.1) is 12.8 Å². The van der Waals surface area contributed by atoms with Crippen molar-refractivity contribution in [2.45, 2.75) is 27.2 Å². The van der Waals surface area contributed by atoms with Crippen LogP contribution in [0.25, 0.3) is 0 Å². The van der Waals surface area contributed by atoms with Gasteiger partial charge in [-0.05, 0) is 30.9 Å². The third-order valence-electron chi connectivity index (χ3n) is 1.75. The fourth-order valence-electron chi connectivity index (χ4n) is 1.34. The molecule has 0 unspecified atom stereocenters. The van der Waals surface area contributed by atoms with Crippen LogP contribution in [0.1, 0.15) is 34.0 Å². The Kier molecular flexibility index (Phi) is 3.09. The number of carboxylic acid groups (broad SMARTS) is 1. The lowest BCUT2D eigenvalue weighted by atomic mass is 10.0. The molecule has 0 fully saturated rings. The number of thiophene rings is 1. The Labute approximate surface area is 82.2 Å². The zero-order valence-corrected chi connectivity index (χ0v) is 8.94. The number of aromatic carboxylic acids is 1. The van der Waals surface area contributed by atoms with Gasteiger partial charge in [0, 0.05) is 4.88 Å². The first-order valence-electron chi connectivity index (χ1n) is 4.33. The lowest BCUT2D eigenvalue weighted by Crippen LogP contribution is -2.00. The fourth-order valence-corrected chi connectivity index (χ4v) is 2.22. The molecule has 72 valence electrons. The molecule has 13 heavy (non-hydrogen) atoms. The van der Waals surface area contributed by atoms with Crippen molar-refractivity contribution < 1.29 is 9.90 Å². The van der Waals surface area contributed by atoms with Gasteiger partial charge in [0.25, 0.3) is 0 Å². The molecule has 0 aliphatic heterocycles. The van der Waals surface area contributed by atoms with Crippen LogP contribution in [0.15, 0.2) is 6.07 Å². The highest BCUT2D eigenvalue weighted by molar-refractivity contribution is 7.14. The third kappa shape index (κ3) is 2.56. The van der Waals surface area contributed by atoms with Gasteiger partial charge in [-0.1, -0.05) is 13.8 Å². The monoisotopic (exact) mass is 198 g/mol. The van der Waals surface area contributed by atoms with Crippen LogP contribution in [0.4, 0.5) is 0 Å². The molecule has 0 aliphatic rings. The smallest absolute Gasteiger partial charge is 0.346 e. The first-order chi connectivity index (χ1) is 6.00. The highest BCUT2D eigenvalue weighted by atomic mass is 32.1. The standard InChI is InChI=1S/C10H14O2S/c1-6(2)4-8-5-7(3)13-9(8)10(11)12/h5-6H,4H2,1-3H3,(H,11,12). The maximum Gasteiger partial charge on any atom is 0.346 e. The minimum Gasteiger partial charge on any atom is -0.477 e. The lowest BCUT2D eigenvalue weighted by molar-refractivity contribution is 0.0701. The summed E-state index contributed by atoms with van der Waals surface area (Å²) in [6.07, 6.45) is 0.853. The SMILES string of the molecule is Cc1cc(CC(C)C)c(C(=O)O)s1. The molecule has 1 N–H and O–H groups in total. The summed E-state index contributed by atoms with van der Waals surface area (Å²) in [4.78, 5) is 12.4. The maximum atomic E-state index is 10.8. The van der Waals surface area contributed by atoms with Gasteiger partial charge in [0.1, 0.15) is 4.88 Å². The Morgan fingerprint density at radius 3 is 2.69 bits per heavy atom. The Morgan fingerprint density at radius 2 is 2.23 bits per heavy atom. The van der Waals surface area contributed by atoms with Crippen LogP contribution in [0.5, 0.6) is 0 Å². The minimum absolute atomic E-state index is 0.506. The van der Waals surface area contributed by atoms with E-state index in [2.05, 4.69) is 13.8 Å². The van der Waals surface area contributed by atoms with E-state index >= 15 is 0 Å². The van der Waals surface area contributed by atoms with Crippen molar-refractivity contribution in [3.8, 4) is 0 Å². The van der Waals surface area contributed by atoms with Gasteiger partial charge in [-0.15, -0.1) is 11.3 Å². The summed E-state index contributed by atoms with van der Waals surface area (Å²) in [5.74, 6) is -0.291. The molecular formula is C10H14O2S. The largest absolute Gasteiger partial charge is 0.477 e. The Bertz CT molecular complexity index is 313. The van der Waals surface area contributed by atoms with Crippen LogP contribution in [-0.4, -0.2) is 11.1 Å². The minimum atomic E-state index is -0.797. The van der Waals surface area contributed by atoms with E-state index in [4.69, 9.17) is 5.11 Å². The zero-order valence-electron chi connectivity index (χ0n) is 8.13. The van der Waals surface area contributed by atoms with Crippen LogP contribution in [-0.2, 0) is 6.42 Å². The number of carbonyl (C=O) groups is 1.